The zero-order valence-corrected chi connectivity index (χ0v) is 16.2. The number of carbonyl (C=O) groups excluding carboxylic acids is 4. The smallest absolute Gasteiger partial charge is 0.339 e. The summed E-state index contributed by atoms with van der Waals surface area (Å²) in [4.78, 5) is 46.7. The average Bonchev–Trinajstić information content (AvgIpc) is 2.57. The highest BCUT2D eigenvalue weighted by Gasteiger charge is 2.55. The molecule has 1 rings (SSSR count). The fourth-order valence-corrected chi connectivity index (χ4v) is 2.58. The first kappa shape index (κ1) is 23.1. The summed E-state index contributed by atoms with van der Waals surface area (Å²) in [5, 5.41) is 0. The van der Waals surface area contributed by atoms with Gasteiger partial charge in [-0.25, -0.2) is 4.79 Å². The van der Waals surface area contributed by atoms with Crippen molar-refractivity contribution in [2.45, 2.75) is 57.9 Å². The summed E-state index contributed by atoms with van der Waals surface area (Å²) in [6.07, 6.45) is -6.34. The van der Waals surface area contributed by atoms with Gasteiger partial charge >= 0.3 is 23.9 Å². The van der Waals surface area contributed by atoms with Gasteiger partial charge in [-0.1, -0.05) is 0 Å². The minimum absolute atomic E-state index is 0.116. The topological polar surface area (TPSA) is 124 Å². The molecule has 0 bridgehead atoms. The highest BCUT2D eigenvalue weighted by atomic mass is 35.5. The number of hydrogen-bond donors (Lipinski definition) is 0. The largest absolute Gasteiger partial charge is 0.467 e. The van der Waals surface area contributed by atoms with Gasteiger partial charge in [-0.3, -0.25) is 14.4 Å². The molecule has 1 aliphatic rings. The van der Waals surface area contributed by atoms with E-state index in [4.69, 9.17) is 35.3 Å². The van der Waals surface area contributed by atoms with Crippen LogP contribution in [0.1, 0.15) is 27.2 Å². The number of hydrogen-bond acceptors (Lipinski definition) is 10. The normalized spacial score (nSPS) is 27.4. The second-order valence-electron chi connectivity index (χ2n) is 5.58. The molecule has 11 heteroatoms. The van der Waals surface area contributed by atoms with Crippen LogP contribution in [0.15, 0.2) is 0 Å². The van der Waals surface area contributed by atoms with Crippen molar-refractivity contribution in [1.29, 1.82) is 0 Å². The molecule has 0 aromatic carbocycles. The zero-order chi connectivity index (χ0) is 20.6. The maximum absolute atomic E-state index is 12.1. The van der Waals surface area contributed by atoms with Crippen molar-refractivity contribution < 1.29 is 47.6 Å². The van der Waals surface area contributed by atoms with E-state index in [9.17, 15) is 19.2 Å². The third-order valence-corrected chi connectivity index (χ3v) is 3.66. The van der Waals surface area contributed by atoms with Gasteiger partial charge in [0.15, 0.2) is 30.7 Å². The molecule has 0 aliphatic carbocycles. The molecule has 2 unspecified atom stereocenters. The molecule has 10 nitrogen and oxygen atoms in total. The van der Waals surface area contributed by atoms with E-state index in [0.29, 0.717) is 12.3 Å². The Balaban J connectivity index is 3.27. The lowest BCUT2D eigenvalue weighted by molar-refractivity contribution is -0.301. The van der Waals surface area contributed by atoms with Crippen molar-refractivity contribution in [1.82, 2.24) is 0 Å². The number of esters is 4. The van der Waals surface area contributed by atoms with Gasteiger partial charge in [0.1, 0.15) is 0 Å². The maximum Gasteiger partial charge on any atom is 0.339 e. The molecule has 1 saturated heterocycles. The molecule has 5 atom stereocenters. The van der Waals surface area contributed by atoms with Gasteiger partial charge in [0, 0.05) is 26.7 Å². The average molecular weight is 411 g/mol. The maximum atomic E-state index is 12.1. The van der Waals surface area contributed by atoms with E-state index in [2.05, 4.69) is 4.74 Å². The second kappa shape index (κ2) is 11.1. The lowest BCUT2D eigenvalue weighted by Gasteiger charge is -2.43. The van der Waals surface area contributed by atoms with Crippen molar-refractivity contribution in [3.05, 3.63) is 0 Å². The molecule has 1 fully saturated rings. The first-order valence-electron chi connectivity index (χ1n) is 8.13. The number of alkyl halides is 1. The van der Waals surface area contributed by atoms with E-state index in [1.54, 1.807) is 0 Å². The van der Waals surface area contributed by atoms with E-state index in [1.807, 2.05) is 0 Å². The molecule has 0 spiro atoms. The van der Waals surface area contributed by atoms with Crippen LogP contribution < -0.4 is 0 Å². The molecule has 27 heavy (non-hydrogen) atoms. The molecule has 1 heterocycles. The molecule has 0 N–H and O–H groups in total. The quantitative estimate of drug-likeness (QED) is 0.239. The van der Waals surface area contributed by atoms with E-state index < -0.39 is 54.6 Å². The summed E-state index contributed by atoms with van der Waals surface area (Å²) in [6.45, 7) is 3.46. The van der Waals surface area contributed by atoms with Gasteiger partial charge < -0.3 is 28.4 Å². The fourth-order valence-electron chi connectivity index (χ4n) is 2.47. The number of methoxy groups -OCH3 is 1. The molecule has 154 valence electrons. The van der Waals surface area contributed by atoms with E-state index in [1.165, 1.54) is 0 Å². The molecule has 0 radical (unpaired) electrons. The molecule has 0 amide bonds. The summed E-state index contributed by atoms with van der Waals surface area (Å²) in [7, 11) is 1.11. The Bertz CT molecular complexity index is 551. The molecule has 1 aliphatic heterocycles. The van der Waals surface area contributed by atoms with Gasteiger partial charge in [0.05, 0.1) is 13.7 Å². The van der Waals surface area contributed by atoms with E-state index in [-0.39, 0.29) is 6.61 Å². The molecule has 0 aromatic rings. The van der Waals surface area contributed by atoms with Gasteiger partial charge in [0.25, 0.3) is 0 Å². The Labute approximate surface area is 161 Å². The summed E-state index contributed by atoms with van der Waals surface area (Å²) < 4.78 is 31.2. The van der Waals surface area contributed by atoms with Crippen LogP contribution in [-0.2, 0) is 47.6 Å². The van der Waals surface area contributed by atoms with Crippen LogP contribution >= 0.6 is 11.6 Å². The standard InChI is InChI=1S/C16H23ClO10/c1-8(18)24-11-12(25-9(2)19)14(26-10(3)20)16(23-7-5-6-17)27-13(11)15(21)22-4/h11-14,16H,5-7H2,1-4H3/t11-,12?,13?,14-,16+/m0/s1. The van der Waals surface area contributed by atoms with Crippen molar-refractivity contribution in [2.24, 2.45) is 0 Å². The third-order valence-electron chi connectivity index (χ3n) is 3.39. The van der Waals surface area contributed by atoms with Crippen LogP contribution in [0.3, 0.4) is 0 Å². The molecule has 0 aromatic heterocycles. The van der Waals surface area contributed by atoms with Crippen molar-refractivity contribution in [2.75, 3.05) is 19.6 Å². The lowest BCUT2D eigenvalue weighted by atomic mass is 9.97. The Morgan fingerprint density at radius 3 is 1.89 bits per heavy atom. The Morgan fingerprint density at radius 1 is 0.889 bits per heavy atom. The van der Waals surface area contributed by atoms with Crippen LogP contribution in [0.4, 0.5) is 0 Å². The summed E-state index contributed by atoms with van der Waals surface area (Å²) in [5.74, 6) is -2.82. The summed E-state index contributed by atoms with van der Waals surface area (Å²) >= 11 is 5.61. The van der Waals surface area contributed by atoms with E-state index >= 15 is 0 Å². The van der Waals surface area contributed by atoms with Gasteiger partial charge in [-0.15, -0.1) is 11.6 Å². The fraction of sp³-hybridized carbons (Fsp3) is 0.750. The van der Waals surface area contributed by atoms with Crippen LogP contribution in [0.25, 0.3) is 0 Å². The predicted octanol–water partition coefficient (Wildman–Crippen LogP) is 0.325. The monoisotopic (exact) mass is 410 g/mol. The highest BCUT2D eigenvalue weighted by molar-refractivity contribution is 6.17. The second-order valence-corrected chi connectivity index (χ2v) is 5.96. The Hall–Kier alpha value is -1.91. The number of halogens is 1. The van der Waals surface area contributed by atoms with Gasteiger partial charge in [-0.2, -0.15) is 0 Å². The Morgan fingerprint density at radius 2 is 1.41 bits per heavy atom. The molecular formula is C16H23ClO10. The summed E-state index contributed by atoms with van der Waals surface area (Å²) in [5.41, 5.74) is 0. The number of ether oxygens (including phenoxy) is 6. The van der Waals surface area contributed by atoms with Crippen LogP contribution in [0, 0.1) is 0 Å². The van der Waals surface area contributed by atoms with Crippen molar-refractivity contribution in [3.63, 3.8) is 0 Å². The van der Waals surface area contributed by atoms with Crippen LogP contribution in [0.2, 0.25) is 0 Å². The predicted molar refractivity (Wildman–Crippen MR) is 88.6 cm³/mol. The highest BCUT2D eigenvalue weighted by Crippen LogP contribution is 2.30. The van der Waals surface area contributed by atoms with Crippen molar-refractivity contribution in [3.8, 4) is 0 Å². The van der Waals surface area contributed by atoms with Gasteiger partial charge in [0.2, 0.25) is 0 Å². The van der Waals surface area contributed by atoms with Crippen LogP contribution in [0.5, 0.6) is 0 Å². The first-order chi connectivity index (χ1) is 12.7. The molecular weight excluding hydrogens is 388 g/mol. The Kier molecular flexibility index (Phi) is 9.47. The lowest BCUT2D eigenvalue weighted by Crippen LogP contribution is -2.63. The summed E-state index contributed by atoms with van der Waals surface area (Å²) in [6, 6.07) is 0. The van der Waals surface area contributed by atoms with Crippen molar-refractivity contribution >= 4 is 35.5 Å². The SMILES string of the molecule is COC(=O)C1O[C@@H](OCCCCl)[C@@H](OC(C)=O)C(OC(C)=O)[C@@H]1OC(C)=O. The minimum atomic E-state index is -1.46. The number of rotatable bonds is 8. The van der Waals surface area contributed by atoms with Gasteiger partial charge in [-0.05, 0) is 6.42 Å². The first-order valence-corrected chi connectivity index (χ1v) is 8.67. The van der Waals surface area contributed by atoms with Crippen LogP contribution in [-0.4, -0.2) is 74.2 Å². The zero-order valence-electron chi connectivity index (χ0n) is 15.5. The third kappa shape index (κ3) is 6.96. The molecule has 0 saturated carbocycles. The van der Waals surface area contributed by atoms with E-state index in [0.717, 1.165) is 27.9 Å². The number of carbonyl (C=O) groups is 4. The minimum Gasteiger partial charge on any atom is -0.467 e.